The third kappa shape index (κ3) is 3.81. The summed E-state index contributed by atoms with van der Waals surface area (Å²) in [6.45, 7) is 4.29. The van der Waals surface area contributed by atoms with Gasteiger partial charge in [-0.15, -0.1) is 0 Å². The third-order valence-corrected chi connectivity index (χ3v) is 4.44. The zero-order chi connectivity index (χ0) is 19.5. The average Bonchev–Trinajstić information content (AvgIpc) is 3.05. The summed E-state index contributed by atoms with van der Waals surface area (Å²) in [6.07, 6.45) is 3.27. The highest BCUT2D eigenvalue weighted by atomic mass is 32.1. The maximum atomic E-state index is 5.89. The Labute approximate surface area is 166 Å². The maximum absolute atomic E-state index is 5.89. The van der Waals surface area contributed by atoms with Gasteiger partial charge in [0.1, 0.15) is 18.1 Å². The number of H-pyrrole nitrogens is 1. The molecule has 0 unspecified atom stereocenters. The topological polar surface area (TPSA) is 81.0 Å². The van der Waals surface area contributed by atoms with E-state index < -0.39 is 0 Å². The number of aryl methyl sites for hydroxylation is 2. The van der Waals surface area contributed by atoms with Crippen LogP contribution in [-0.4, -0.2) is 31.1 Å². The SMILES string of the molecule is Cc1ccc(OCc2n[nH]c(=S)n2/N=C\c2cnc3ccccc3n2)c(C)c1. The van der Waals surface area contributed by atoms with Crippen molar-refractivity contribution < 1.29 is 4.74 Å². The van der Waals surface area contributed by atoms with E-state index in [2.05, 4.69) is 31.3 Å². The molecule has 2 aromatic heterocycles. The van der Waals surface area contributed by atoms with Gasteiger partial charge in [-0.2, -0.15) is 14.9 Å². The summed E-state index contributed by atoms with van der Waals surface area (Å²) in [6, 6.07) is 13.7. The first-order valence-corrected chi connectivity index (χ1v) is 9.13. The molecule has 8 heteroatoms. The van der Waals surface area contributed by atoms with Gasteiger partial charge in [-0.3, -0.25) is 4.98 Å². The van der Waals surface area contributed by atoms with E-state index in [9.17, 15) is 0 Å². The fourth-order valence-corrected chi connectivity index (χ4v) is 2.99. The Morgan fingerprint density at radius 3 is 2.82 bits per heavy atom. The van der Waals surface area contributed by atoms with Crippen molar-refractivity contribution in [2.24, 2.45) is 5.10 Å². The minimum absolute atomic E-state index is 0.234. The number of fused-ring (bicyclic) bond motifs is 1. The van der Waals surface area contributed by atoms with Crippen molar-refractivity contribution in [2.45, 2.75) is 20.5 Å². The van der Waals surface area contributed by atoms with Gasteiger partial charge in [0.05, 0.1) is 23.4 Å². The molecule has 7 nitrogen and oxygen atoms in total. The first-order valence-electron chi connectivity index (χ1n) is 8.72. The molecule has 4 aromatic rings. The monoisotopic (exact) mass is 390 g/mol. The molecule has 0 atom stereocenters. The zero-order valence-electron chi connectivity index (χ0n) is 15.5. The Balaban J connectivity index is 1.55. The zero-order valence-corrected chi connectivity index (χ0v) is 16.3. The van der Waals surface area contributed by atoms with Crippen LogP contribution in [0.1, 0.15) is 22.6 Å². The standard InChI is InChI=1S/C20H18N6OS/c1-13-7-8-18(14(2)9-13)27-12-19-24-25-20(28)26(19)22-11-15-10-21-16-5-3-4-6-17(16)23-15/h3-11H,12H2,1-2H3,(H,25,28)/b22-11-. The highest BCUT2D eigenvalue weighted by Crippen LogP contribution is 2.19. The van der Waals surface area contributed by atoms with Gasteiger partial charge in [-0.1, -0.05) is 29.8 Å². The minimum Gasteiger partial charge on any atom is -0.485 e. The molecule has 0 saturated heterocycles. The van der Waals surface area contributed by atoms with Crippen LogP contribution in [0.25, 0.3) is 11.0 Å². The van der Waals surface area contributed by atoms with E-state index in [0.29, 0.717) is 16.3 Å². The number of benzene rings is 2. The molecule has 0 aliphatic carbocycles. The summed E-state index contributed by atoms with van der Waals surface area (Å²) >= 11 is 5.28. The number of hydrogen-bond donors (Lipinski definition) is 1. The van der Waals surface area contributed by atoms with Crippen LogP contribution in [0.15, 0.2) is 53.8 Å². The summed E-state index contributed by atoms with van der Waals surface area (Å²) in [5, 5.41) is 11.4. The van der Waals surface area contributed by atoms with E-state index in [4.69, 9.17) is 17.0 Å². The van der Waals surface area contributed by atoms with E-state index >= 15 is 0 Å². The van der Waals surface area contributed by atoms with Crippen molar-refractivity contribution in [3.05, 3.63) is 76.1 Å². The van der Waals surface area contributed by atoms with Crippen LogP contribution in [0.5, 0.6) is 5.75 Å². The van der Waals surface area contributed by atoms with Crippen molar-refractivity contribution in [3.8, 4) is 5.75 Å². The fraction of sp³-hybridized carbons (Fsp3) is 0.150. The molecular weight excluding hydrogens is 372 g/mol. The summed E-state index contributed by atoms with van der Waals surface area (Å²) in [7, 11) is 0. The molecule has 4 rings (SSSR count). The number of rotatable bonds is 5. The first kappa shape index (κ1) is 18.0. The maximum Gasteiger partial charge on any atom is 0.216 e. The molecule has 140 valence electrons. The predicted octanol–water partition coefficient (Wildman–Crippen LogP) is 3.96. The van der Waals surface area contributed by atoms with Crippen LogP contribution in [0.2, 0.25) is 0 Å². The van der Waals surface area contributed by atoms with E-state index in [0.717, 1.165) is 22.3 Å². The number of para-hydroxylation sites is 2. The molecule has 0 bridgehead atoms. The van der Waals surface area contributed by atoms with E-state index in [1.807, 2.05) is 50.2 Å². The van der Waals surface area contributed by atoms with E-state index in [1.165, 1.54) is 10.2 Å². The second-order valence-electron chi connectivity index (χ2n) is 6.34. The van der Waals surface area contributed by atoms with Gasteiger partial charge in [0.15, 0.2) is 5.82 Å². The summed E-state index contributed by atoms with van der Waals surface area (Å²) in [5.41, 5.74) is 4.52. The first-order chi connectivity index (χ1) is 13.6. The van der Waals surface area contributed by atoms with Gasteiger partial charge in [0.25, 0.3) is 0 Å². The van der Waals surface area contributed by atoms with Crippen molar-refractivity contribution in [3.63, 3.8) is 0 Å². The number of nitrogens with one attached hydrogen (secondary N) is 1. The Hall–Kier alpha value is -3.39. The molecule has 0 saturated carbocycles. The van der Waals surface area contributed by atoms with Gasteiger partial charge in [0, 0.05) is 0 Å². The average molecular weight is 390 g/mol. The molecule has 0 spiro atoms. The lowest BCUT2D eigenvalue weighted by Crippen LogP contribution is -2.05. The molecule has 0 aliphatic heterocycles. The van der Waals surface area contributed by atoms with Crippen LogP contribution >= 0.6 is 12.2 Å². The van der Waals surface area contributed by atoms with Gasteiger partial charge < -0.3 is 4.74 Å². The van der Waals surface area contributed by atoms with Crippen molar-refractivity contribution in [1.82, 2.24) is 24.8 Å². The molecule has 0 radical (unpaired) electrons. The highest BCUT2D eigenvalue weighted by molar-refractivity contribution is 7.71. The second kappa shape index (κ2) is 7.69. The number of ether oxygens (including phenoxy) is 1. The lowest BCUT2D eigenvalue weighted by Gasteiger charge is -2.09. The van der Waals surface area contributed by atoms with Gasteiger partial charge in [-0.05, 0) is 49.8 Å². The van der Waals surface area contributed by atoms with Crippen LogP contribution in [0.4, 0.5) is 0 Å². The van der Waals surface area contributed by atoms with Gasteiger partial charge >= 0.3 is 0 Å². The summed E-state index contributed by atoms with van der Waals surface area (Å²) < 4.78 is 7.79. The number of hydrogen-bond acceptors (Lipinski definition) is 6. The second-order valence-corrected chi connectivity index (χ2v) is 6.73. The molecule has 28 heavy (non-hydrogen) atoms. The molecular formula is C20H18N6OS. The minimum atomic E-state index is 0.234. The van der Waals surface area contributed by atoms with Crippen molar-refractivity contribution in [1.29, 1.82) is 0 Å². The Bertz CT molecular complexity index is 1230. The van der Waals surface area contributed by atoms with Gasteiger partial charge in [-0.25, -0.2) is 10.1 Å². The van der Waals surface area contributed by atoms with Gasteiger partial charge in [0.2, 0.25) is 4.77 Å². The number of nitrogens with zero attached hydrogens (tertiary/aromatic N) is 5. The molecule has 1 N–H and O–H groups in total. The molecule has 0 aliphatic rings. The van der Waals surface area contributed by atoms with Crippen LogP contribution in [-0.2, 0) is 6.61 Å². The van der Waals surface area contributed by atoms with E-state index in [-0.39, 0.29) is 6.61 Å². The number of aromatic nitrogens is 5. The Morgan fingerprint density at radius 1 is 1.18 bits per heavy atom. The van der Waals surface area contributed by atoms with Crippen molar-refractivity contribution >= 4 is 29.5 Å². The third-order valence-electron chi connectivity index (χ3n) is 4.18. The Kier molecular flexibility index (Phi) is 4.94. The molecule has 2 aromatic carbocycles. The van der Waals surface area contributed by atoms with E-state index in [1.54, 1.807) is 12.4 Å². The smallest absolute Gasteiger partial charge is 0.216 e. The normalized spacial score (nSPS) is 11.4. The molecule has 0 fully saturated rings. The summed E-state index contributed by atoms with van der Waals surface area (Å²) in [5.74, 6) is 1.37. The molecule has 2 heterocycles. The fourth-order valence-electron chi connectivity index (χ4n) is 2.79. The summed E-state index contributed by atoms with van der Waals surface area (Å²) in [4.78, 5) is 8.91. The predicted molar refractivity (Wildman–Crippen MR) is 110 cm³/mol. The van der Waals surface area contributed by atoms with Crippen LogP contribution < -0.4 is 4.74 Å². The largest absolute Gasteiger partial charge is 0.485 e. The highest BCUT2D eigenvalue weighted by Gasteiger charge is 2.08. The van der Waals surface area contributed by atoms with Crippen LogP contribution in [0.3, 0.4) is 0 Å². The number of aromatic amines is 1. The quantitative estimate of drug-likeness (QED) is 0.412. The molecule has 0 amide bonds. The van der Waals surface area contributed by atoms with Crippen LogP contribution in [0, 0.1) is 18.6 Å². The Morgan fingerprint density at radius 2 is 2.00 bits per heavy atom. The van der Waals surface area contributed by atoms with Crippen molar-refractivity contribution in [2.75, 3.05) is 0 Å². The lowest BCUT2D eigenvalue weighted by atomic mass is 10.1. The lowest BCUT2D eigenvalue weighted by molar-refractivity contribution is 0.288.